The van der Waals surface area contributed by atoms with Gasteiger partial charge in [0, 0.05) is 11.5 Å². The van der Waals surface area contributed by atoms with E-state index in [1.807, 2.05) is 6.21 Å². The average Bonchev–Trinajstić information content (AvgIpc) is 1.87. The molecule has 0 radical (unpaired) electrons. The zero-order valence-electron chi connectivity index (χ0n) is 6.65. The lowest BCUT2D eigenvalue weighted by Gasteiger charge is -2.13. The number of rotatable bonds is 4. The van der Waals surface area contributed by atoms with Gasteiger partial charge in [0.1, 0.15) is 3.23 Å². The van der Waals surface area contributed by atoms with E-state index in [2.05, 4.69) is 66.6 Å². The van der Waals surface area contributed by atoms with Crippen LogP contribution in [0.3, 0.4) is 0 Å². The van der Waals surface area contributed by atoms with E-state index >= 15 is 0 Å². The molecule has 0 saturated carbocycles. The first-order chi connectivity index (χ1) is 4.98. The van der Waals surface area contributed by atoms with E-state index in [1.54, 1.807) is 0 Å². The Bertz CT molecular complexity index is 132. The van der Waals surface area contributed by atoms with Gasteiger partial charge in [-0.05, 0) is 5.92 Å². The highest BCUT2D eigenvalue weighted by molar-refractivity contribution is 9.26. The van der Waals surface area contributed by atoms with Gasteiger partial charge in [-0.15, -0.1) is 0 Å². The van der Waals surface area contributed by atoms with Crippen molar-refractivity contribution >= 4 is 54.0 Å². The monoisotopic (exact) mass is 347 g/mol. The Hall–Kier alpha value is 1.11. The van der Waals surface area contributed by atoms with Crippen LogP contribution < -0.4 is 0 Å². The Morgan fingerprint density at radius 2 is 2.00 bits per heavy atom. The normalized spacial score (nSPS) is 13.3. The largest absolute Gasteiger partial charge is 0.295 e. The number of aliphatic imine (C=N–C) groups is 1. The van der Waals surface area contributed by atoms with Crippen LogP contribution in [0, 0.1) is 5.92 Å². The molecule has 0 aromatic carbocycles. The van der Waals surface area contributed by atoms with E-state index in [0.717, 1.165) is 11.9 Å². The van der Waals surface area contributed by atoms with E-state index in [9.17, 15) is 0 Å². The van der Waals surface area contributed by atoms with Gasteiger partial charge in [0.15, 0.2) is 0 Å². The molecule has 0 bridgehead atoms. The molecule has 0 aromatic rings. The minimum Gasteiger partial charge on any atom is -0.295 e. The van der Waals surface area contributed by atoms with Crippen molar-refractivity contribution in [2.24, 2.45) is 10.9 Å². The summed E-state index contributed by atoms with van der Waals surface area (Å²) in [6.45, 7) is 4.97. The zero-order valence-corrected chi connectivity index (χ0v) is 11.4. The van der Waals surface area contributed by atoms with Gasteiger partial charge >= 0.3 is 0 Å². The molecule has 0 aliphatic rings. The highest BCUT2D eigenvalue weighted by Crippen LogP contribution is 2.28. The number of halogens is 3. The first-order valence-corrected chi connectivity index (χ1v) is 6.12. The van der Waals surface area contributed by atoms with Crippen LogP contribution in [0.4, 0.5) is 0 Å². The fourth-order valence-electron chi connectivity index (χ4n) is 0.439. The van der Waals surface area contributed by atoms with Crippen molar-refractivity contribution in [3.05, 3.63) is 0 Å². The van der Waals surface area contributed by atoms with Gasteiger partial charge in [-0.2, -0.15) is 0 Å². The summed E-state index contributed by atoms with van der Waals surface area (Å²) in [5.41, 5.74) is 0. The van der Waals surface area contributed by atoms with E-state index in [1.165, 1.54) is 0 Å². The van der Waals surface area contributed by atoms with Crippen LogP contribution >= 0.6 is 47.8 Å². The molecule has 0 fully saturated rings. The second kappa shape index (κ2) is 5.70. The maximum Gasteiger partial charge on any atom is 0.109 e. The average molecular weight is 350 g/mol. The molecule has 0 aromatic heterocycles. The van der Waals surface area contributed by atoms with Crippen LogP contribution in [-0.4, -0.2) is 21.3 Å². The van der Waals surface area contributed by atoms with Crippen molar-refractivity contribution in [1.82, 2.24) is 0 Å². The first-order valence-electron chi connectivity index (χ1n) is 3.41. The Kier molecular flexibility index (Phi) is 6.28. The van der Waals surface area contributed by atoms with Crippen LogP contribution in [0.1, 0.15) is 13.8 Å². The quantitative estimate of drug-likeness (QED) is 0.543. The van der Waals surface area contributed by atoms with Crippen molar-refractivity contribution in [3.8, 4) is 0 Å². The molecule has 66 valence electrons. The third kappa shape index (κ3) is 7.47. The maximum absolute atomic E-state index is 4.26. The molecule has 0 amide bonds. The van der Waals surface area contributed by atoms with Crippen LogP contribution in [0.15, 0.2) is 4.99 Å². The molecule has 0 N–H and O–H groups in total. The standard InChI is InChI=1S/C7H12Br3N/c1-6(2)3-11-5-7(9,10)4-8/h3,6H,4-5H2,1-2H3. The number of hydrogen-bond acceptors (Lipinski definition) is 1. The van der Waals surface area contributed by atoms with Gasteiger partial charge < -0.3 is 0 Å². The summed E-state index contributed by atoms with van der Waals surface area (Å²) in [6.07, 6.45) is 1.96. The molecular weight excluding hydrogens is 338 g/mol. The molecule has 1 nitrogen and oxygen atoms in total. The smallest absolute Gasteiger partial charge is 0.109 e. The molecule has 0 heterocycles. The Balaban J connectivity index is 3.69. The molecule has 0 spiro atoms. The van der Waals surface area contributed by atoms with E-state index in [4.69, 9.17) is 0 Å². The summed E-state index contributed by atoms with van der Waals surface area (Å²) in [5, 5.41) is 0.843. The van der Waals surface area contributed by atoms with Gasteiger partial charge in [-0.3, -0.25) is 4.99 Å². The van der Waals surface area contributed by atoms with Gasteiger partial charge in [-0.1, -0.05) is 61.6 Å². The molecule has 0 aliphatic heterocycles. The van der Waals surface area contributed by atoms with Crippen molar-refractivity contribution in [2.75, 3.05) is 11.9 Å². The van der Waals surface area contributed by atoms with Gasteiger partial charge in [-0.25, -0.2) is 0 Å². The second-order valence-corrected chi connectivity index (χ2v) is 7.38. The lowest BCUT2D eigenvalue weighted by Crippen LogP contribution is -2.17. The van der Waals surface area contributed by atoms with E-state index in [-0.39, 0.29) is 3.23 Å². The third-order valence-electron chi connectivity index (χ3n) is 0.922. The maximum atomic E-state index is 4.26. The lowest BCUT2D eigenvalue weighted by molar-refractivity contribution is 0.876. The lowest BCUT2D eigenvalue weighted by atomic mass is 10.2. The fraction of sp³-hybridized carbons (Fsp3) is 0.857. The van der Waals surface area contributed by atoms with E-state index in [0.29, 0.717) is 5.92 Å². The summed E-state index contributed by atoms with van der Waals surface area (Å²) in [5.74, 6) is 0.529. The van der Waals surface area contributed by atoms with Crippen LogP contribution in [0.25, 0.3) is 0 Å². The number of hydrogen-bond donors (Lipinski definition) is 0. The molecule has 4 heteroatoms. The Labute approximate surface area is 93.4 Å². The first kappa shape index (κ1) is 12.1. The summed E-state index contributed by atoms with van der Waals surface area (Å²) in [6, 6.07) is 0. The molecule has 0 aliphatic carbocycles. The predicted molar refractivity (Wildman–Crippen MR) is 62.6 cm³/mol. The summed E-state index contributed by atoms with van der Waals surface area (Å²) >= 11 is 10.3. The molecule has 0 unspecified atom stereocenters. The molecule has 0 saturated heterocycles. The molecule has 11 heavy (non-hydrogen) atoms. The second-order valence-electron chi connectivity index (χ2n) is 2.72. The van der Waals surface area contributed by atoms with Crippen molar-refractivity contribution < 1.29 is 0 Å². The highest BCUT2D eigenvalue weighted by Gasteiger charge is 2.19. The van der Waals surface area contributed by atoms with Crippen LogP contribution in [0.5, 0.6) is 0 Å². The minimum atomic E-state index is -0.0780. The SMILES string of the molecule is CC(C)C=NCC(Br)(Br)CBr. The van der Waals surface area contributed by atoms with Crippen molar-refractivity contribution in [2.45, 2.75) is 17.1 Å². The van der Waals surface area contributed by atoms with Crippen molar-refractivity contribution in [3.63, 3.8) is 0 Å². The third-order valence-corrected chi connectivity index (χ3v) is 4.45. The highest BCUT2D eigenvalue weighted by atomic mass is 79.9. The van der Waals surface area contributed by atoms with E-state index < -0.39 is 0 Å². The predicted octanol–water partition coefficient (Wildman–Crippen LogP) is 3.59. The summed E-state index contributed by atoms with van der Waals surface area (Å²) < 4.78 is -0.0780. The molecule has 0 atom stereocenters. The Morgan fingerprint density at radius 1 is 1.45 bits per heavy atom. The van der Waals surface area contributed by atoms with Crippen LogP contribution in [0.2, 0.25) is 0 Å². The minimum absolute atomic E-state index is 0.0780. The Morgan fingerprint density at radius 3 is 2.36 bits per heavy atom. The van der Waals surface area contributed by atoms with Gasteiger partial charge in [0.05, 0.1) is 6.54 Å². The van der Waals surface area contributed by atoms with Crippen LogP contribution in [-0.2, 0) is 0 Å². The van der Waals surface area contributed by atoms with Gasteiger partial charge in [0.2, 0.25) is 0 Å². The van der Waals surface area contributed by atoms with Gasteiger partial charge in [0.25, 0.3) is 0 Å². The summed E-state index contributed by atoms with van der Waals surface area (Å²) in [4.78, 5) is 4.26. The topological polar surface area (TPSA) is 12.4 Å². The number of nitrogens with zero attached hydrogens (tertiary/aromatic N) is 1. The fourth-order valence-corrected chi connectivity index (χ4v) is 0.906. The van der Waals surface area contributed by atoms with Crippen molar-refractivity contribution in [1.29, 1.82) is 0 Å². The molecular formula is C7H12Br3N. The zero-order chi connectivity index (χ0) is 8.91. The molecule has 0 rings (SSSR count). The number of alkyl halides is 3. The summed E-state index contributed by atoms with van der Waals surface area (Å²) in [7, 11) is 0.